The Morgan fingerprint density at radius 1 is 1.14 bits per heavy atom. The number of fused-ring (bicyclic) bond motifs is 1. The van der Waals surface area contributed by atoms with Crippen LogP contribution in [0, 0.1) is 0 Å². The Balaban J connectivity index is 1.61. The molecule has 1 atom stereocenters. The number of pyridine rings is 1. The van der Waals surface area contributed by atoms with E-state index in [-0.39, 0.29) is 6.10 Å². The van der Waals surface area contributed by atoms with Gasteiger partial charge < -0.3 is 14.9 Å². The molecular formula is C22H27N3OS2. The molecule has 1 aromatic carbocycles. The summed E-state index contributed by atoms with van der Waals surface area (Å²) < 4.78 is 1.29. The highest BCUT2D eigenvalue weighted by molar-refractivity contribution is 7.99. The Morgan fingerprint density at radius 3 is 2.57 bits per heavy atom. The van der Waals surface area contributed by atoms with Gasteiger partial charge in [0.15, 0.2) is 0 Å². The second-order valence-corrected chi connectivity index (χ2v) is 9.29. The number of piperazine rings is 1. The lowest BCUT2D eigenvalue weighted by Crippen LogP contribution is -2.46. The molecule has 28 heavy (non-hydrogen) atoms. The van der Waals surface area contributed by atoms with Gasteiger partial charge in [-0.05, 0) is 48.5 Å². The van der Waals surface area contributed by atoms with Crippen LogP contribution in [0.3, 0.4) is 0 Å². The summed E-state index contributed by atoms with van der Waals surface area (Å²) >= 11 is 3.47. The number of thiophene rings is 1. The van der Waals surface area contributed by atoms with E-state index in [4.69, 9.17) is 4.98 Å². The highest BCUT2D eigenvalue weighted by atomic mass is 32.2. The third kappa shape index (κ3) is 4.35. The van der Waals surface area contributed by atoms with Crippen molar-refractivity contribution in [2.45, 2.75) is 24.8 Å². The molecule has 3 aromatic rings. The number of aliphatic hydroxyl groups is 1. The summed E-state index contributed by atoms with van der Waals surface area (Å²) in [6.07, 6.45) is -0.289. The predicted molar refractivity (Wildman–Crippen MR) is 122 cm³/mol. The smallest absolute Gasteiger partial charge is 0.147 e. The van der Waals surface area contributed by atoms with Crippen LogP contribution in [0.25, 0.3) is 21.3 Å². The van der Waals surface area contributed by atoms with Crippen molar-refractivity contribution in [3.05, 3.63) is 41.8 Å². The van der Waals surface area contributed by atoms with Crippen molar-refractivity contribution >= 4 is 39.0 Å². The van der Waals surface area contributed by atoms with E-state index in [1.165, 1.54) is 15.0 Å². The fourth-order valence-corrected chi connectivity index (χ4v) is 5.19. The quantitative estimate of drug-likeness (QED) is 0.599. The SMILES string of the molecule is CCN1CCN(c2nc(-c3ccc(SCC(C)O)cc3)cc3ccsc23)CC1. The van der Waals surface area contributed by atoms with Crippen LogP contribution in [0.5, 0.6) is 0 Å². The molecule has 0 radical (unpaired) electrons. The number of anilines is 1. The van der Waals surface area contributed by atoms with Crippen LogP contribution in [-0.2, 0) is 0 Å². The largest absolute Gasteiger partial charge is 0.393 e. The summed E-state index contributed by atoms with van der Waals surface area (Å²) in [5.74, 6) is 1.85. The first-order valence-electron chi connectivity index (χ1n) is 9.91. The molecule has 1 aliphatic rings. The number of hydrogen-bond donors (Lipinski definition) is 1. The van der Waals surface area contributed by atoms with Crippen molar-refractivity contribution in [1.82, 2.24) is 9.88 Å². The minimum Gasteiger partial charge on any atom is -0.393 e. The fourth-order valence-electron chi connectivity index (χ4n) is 3.54. The van der Waals surface area contributed by atoms with Crippen molar-refractivity contribution in [1.29, 1.82) is 0 Å². The van der Waals surface area contributed by atoms with Gasteiger partial charge in [0, 0.05) is 42.4 Å². The van der Waals surface area contributed by atoms with E-state index in [0.717, 1.165) is 49.8 Å². The van der Waals surface area contributed by atoms with Gasteiger partial charge in [0.2, 0.25) is 0 Å². The molecule has 4 nitrogen and oxygen atoms in total. The first-order valence-corrected chi connectivity index (χ1v) is 11.8. The summed E-state index contributed by atoms with van der Waals surface area (Å²) in [4.78, 5) is 11.2. The van der Waals surface area contributed by atoms with E-state index < -0.39 is 0 Å². The Kier molecular flexibility index (Phi) is 6.21. The standard InChI is InChI=1S/C22H27N3OS2/c1-3-24-9-11-25(12-10-24)22-21-18(8-13-27-21)14-20(23-22)17-4-6-19(7-5-17)28-15-16(2)26/h4-8,13-14,16,26H,3,9-12,15H2,1-2H3. The summed E-state index contributed by atoms with van der Waals surface area (Å²) in [5, 5.41) is 12.9. The van der Waals surface area contributed by atoms with Crippen molar-refractivity contribution < 1.29 is 5.11 Å². The molecule has 0 amide bonds. The predicted octanol–water partition coefficient (Wildman–Crippen LogP) is 4.58. The van der Waals surface area contributed by atoms with Gasteiger partial charge in [0.1, 0.15) is 5.82 Å². The number of aromatic nitrogens is 1. The van der Waals surface area contributed by atoms with Gasteiger partial charge in [-0.3, -0.25) is 0 Å². The van der Waals surface area contributed by atoms with Crippen LogP contribution in [0.4, 0.5) is 5.82 Å². The second kappa shape index (κ2) is 8.82. The lowest BCUT2D eigenvalue weighted by atomic mass is 10.1. The number of aliphatic hydroxyl groups excluding tert-OH is 1. The van der Waals surface area contributed by atoms with Gasteiger partial charge >= 0.3 is 0 Å². The molecule has 3 heterocycles. The molecule has 1 aliphatic heterocycles. The minimum absolute atomic E-state index is 0.289. The van der Waals surface area contributed by atoms with E-state index in [2.05, 4.69) is 58.5 Å². The maximum Gasteiger partial charge on any atom is 0.147 e. The maximum atomic E-state index is 9.48. The molecule has 2 aromatic heterocycles. The van der Waals surface area contributed by atoms with E-state index >= 15 is 0 Å². The maximum absolute atomic E-state index is 9.48. The van der Waals surface area contributed by atoms with Crippen molar-refractivity contribution in [2.24, 2.45) is 0 Å². The zero-order chi connectivity index (χ0) is 19.5. The van der Waals surface area contributed by atoms with Crippen LogP contribution in [0.15, 0.2) is 46.7 Å². The minimum atomic E-state index is -0.289. The monoisotopic (exact) mass is 413 g/mol. The molecule has 1 unspecified atom stereocenters. The molecule has 6 heteroatoms. The van der Waals surface area contributed by atoms with E-state index in [9.17, 15) is 5.11 Å². The number of benzene rings is 1. The Hall–Kier alpha value is -1.60. The van der Waals surface area contributed by atoms with E-state index in [1.54, 1.807) is 23.1 Å². The lowest BCUT2D eigenvalue weighted by molar-refractivity contribution is 0.220. The molecule has 4 rings (SSSR count). The summed E-state index contributed by atoms with van der Waals surface area (Å²) in [7, 11) is 0. The second-order valence-electron chi connectivity index (χ2n) is 7.28. The van der Waals surface area contributed by atoms with Gasteiger partial charge in [-0.1, -0.05) is 19.1 Å². The highest BCUT2D eigenvalue weighted by Gasteiger charge is 2.20. The van der Waals surface area contributed by atoms with Crippen molar-refractivity contribution in [3.63, 3.8) is 0 Å². The zero-order valence-corrected chi connectivity index (χ0v) is 18.1. The van der Waals surface area contributed by atoms with Gasteiger partial charge in [-0.15, -0.1) is 23.1 Å². The average molecular weight is 414 g/mol. The van der Waals surface area contributed by atoms with Crippen molar-refractivity contribution in [3.8, 4) is 11.3 Å². The molecule has 0 aliphatic carbocycles. The van der Waals surface area contributed by atoms with Gasteiger partial charge in [0.25, 0.3) is 0 Å². The number of nitrogens with zero attached hydrogens (tertiary/aromatic N) is 3. The summed E-state index contributed by atoms with van der Waals surface area (Å²) in [5.41, 5.74) is 2.17. The number of rotatable bonds is 6. The topological polar surface area (TPSA) is 39.6 Å². The third-order valence-corrected chi connectivity index (χ3v) is 7.36. The van der Waals surface area contributed by atoms with Crippen LogP contribution in [0.1, 0.15) is 13.8 Å². The molecule has 0 bridgehead atoms. The first kappa shape index (κ1) is 19.7. The van der Waals surface area contributed by atoms with E-state index in [1.807, 2.05) is 6.92 Å². The van der Waals surface area contributed by atoms with Crippen LogP contribution in [0.2, 0.25) is 0 Å². The molecular weight excluding hydrogens is 386 g/mol. The molecule has 1 N–H and O–H groups in total. The van der Waals surface area contributed by atoms with Gasteiger partial charge in [-0.25, -0.2) is 4.98 Å². The number of hydrogen-bond acceptors (Lipinski definition) is 6. The zero-order valence-electron chi connectivity index (χ0n) is 16.5. The van der Waals surface area contributed by atoms with Crippen LogP contribution < -0.4 is 4.90 Å². The lowest BCUT2D eigenvalue weighted by Gasteiger charge is -2.35. The first-order chi connectivity index (χ1) is 13.6. The fraction of sp³-hybridized carbons (Fsp3) is 0.409. The van der Waals surface area contributed by atoms with Gasteiger partial charge in [0.05, 0.1) is 16.5 Å². The summed E-state index contributed by atoms with van der Waals surface area (Å²) in [6.45, 7) is 9.45. The number of likely N-dealkylation sites (N-methyl/N-ethyl adjacent to an activating group) is 1. The molecule has 148 valence electrons. The van der Waals surface area contributed by atoms with Crippen LogP contribution >= 0.6 is 23.1 Å². The highest BCUT2D eigenvalue weighted by Crippen LogP contribution is 2.34. The molecule has 1 fully saturated rings. The molecule has 0 saturated carbocycles. The Morgan fingerprint density at radius 2 is 1.89 bits per heavy atom. The van der Waals surface area contributed by atoms with E-state index in [0.29, 0.717) is 5.75 Å². The summed E-state index contributed by atoms with van der Waals surface area (Å²) in [6, 6.07) is 12.9. The average Bonchev–Trinajstić information content (AvgIpc) is 3.21. The van der Waals surface area contributed by atoms with Gasteiger partial charge in [-0.2, -0.15) is 0 Å². The molecule has 1 saturated heterocycles. The number of thioether (sulfide) groups is 1. The van der Waals surface area contributed by atoms with Crippen LogP contribution in [-0.4, -0.2) is 59.6 Å². The third-order valence-electron chi connectivity index (χ3n) is 5.18. The molecule has 0 spiro atoms. The Labute approximate surface area is 175 Å². The van der Waals surface area contributed by atoms with Crippen molar-refractivity contribution in [2.75, 3.05) is 43.4 Å². The normalized spacial score (nSPS) is 16.6. The Bertz CT molecular complexity index is 915.